The summed E-state index contributed by atoms with van der Waals surface area (Å²) in [4.78, 5) is 16.5. The maximum absolute atomic E-state index is 10.9. The molecule has 0 unspecified atom stereocenters. The number of aromatic nitrogens is 1. The van der Waals surface area contributed by atoms with Gasteiger partial charge in [-0.1, -0.05) is 0 Å². The summed E-state index contributed by atoms with van der Waals surface area (Å²) in [6, 6.07) is 2.90. The Hall–Kier alpha value is -1.89. The Morgan fingerprint density at radius 2 is 2.18 bits per heavy atom. The number of rotatable bonds is 3. The molecule has 1 aromatic heterocycles. The van der Waals surface area contributed by atoms with Gasteiger partial charge in [-0.25, -0.2) is 0 Å². The number of anilines is 1. The van der Waals surface area contributed by atoms with Gasteiger partial charge < -0.3 is 14.4 Å². The molecule has 0 aromatic carbocycles. The van der Waals surface area contributed by atoms with Crippen LogP contribution < -0.4 is 9.64 Å². The van der Waals surface area contributed by atoms with Crippen LogP contribution in [0.1, 0.15) is 0 Å². The SMILES string of the molecule is COc1ccc([N+](=O)[O-])c(N2CCOCC2)n1. The van der Waals surface area contributed by atoms with Gasteiger partial charge in [-0.05, 0) is 0 Å². The van der Waals surface area contributed by atoms with Crippen molar-refractivity contribution >= 4 is 11.5 Å². The Balaban J connectivity index is 2.36. The number of hydrogen-bond acceptors (Lipinski definition) is 6. The highest BCUT2D eigenvalue weighted by Crippen LogP contribution is 2.28. The summed E-state index contributed by atoms with van der Waals surface area (Å²) in [5.74, 6) is 0.717. The molecule has 0 atom stereocenters. The third-order valence-electron chi connectivity index (χ3n) is 2.55. The first-order valence-electron chi connectivity index (χ1n) is 5.24. The first-order valence-corrected chi connectivity index (χ1v) is 5.24. The fraction of sp³-hybridized carbons (Fsp3) is 0.500. The van der Waals surface area contributed by atoms with Crippen molar-refractivity contribution in [1.29, 1.82) is 0 Å². The minimum atomic E-state index is -0.433. The van der Waals surface area contributed by atoms with Crippen molar-refractivity contribution in [3.63, 3.8) is 0 Å². The third-order valence-corrected chi connectivity index (χ3v) is 2.55. The molecular formula is C10H13N3O4. The van der Waals surface area contributed by atoms with Gasteiger partial charge in [-0.2, -0.15) is 4.98 Å². The molecule has 0 spiro atoms. The van der Waals surface area contributed by atoms with Gasteiger partial charge in [-0.15, -0.1) is 0 Å². The topological polar surface area (TPSA) is 77.7 Å². The van der Waals surface area contributed by atoms with Crippen LogP contribution in [0.4, 0.5) is 11.5 Å². The average Bonchev–Trinajstić information content (AvgIpc) is 2.39. The molecule has 0 aliphatic carbocycles. The summed E-state index contributed by atoms with van der Waals surface area (Å²) in [7, 11) is 1.48. The van der Waals surface area contributed by atoms with E-state index in [0.717, 1.165) is 0 Å². The third kappa shape index (κ3) is 2.44. The van der Waals surface area contributed by atoms with Crippen LogP contribution in [-0.4, -0.2) is 43.3 Å². The van der Waals surface area contributed by atoms with E-state index >= 15 is 0 Å². The molecule has 0 saturated carbocycles. The molecular weight excluding hydrogens is 226 g/mol. The summed E-state index contributed by atoms with van der Waals surface area (Å²) in [6.07, 6.45) is 0. The minimum Gasteiger partial charge on any atom is -0.481 e. The molecule has 7 heteroatoms. The molecule has 2 heterocycles. The highest BCUT2D eigenvalue weighted by atomic mass is 16.6. The number of nitro groups is 1. The summed E-state index contributed by atoms with van der Waals surface area (Å²) < 4.78 is 10.2. The Morgan fingerprint density at radius 3 is 2.76 bits per heavy atom. The van der Waals surface area contributed by atoms with Gasteiger partial charge in [0.25, 0.3) is 0 Å². The quantitative estimate of drug-likeness (QED) is 0.574. The fourth-order valence-electron chi connectivity index (χ4n) is 1.69. The summed E-state index contributed by atoms with van der Waals surface area (Å²) in [5.41, 5.74) is -0.00676. The molecule has 1 saturated heterocycles. The number of pyridine rings is 1. The monoisotopic (exact) mass is 239 g/mol. The predicted octanol–water partition coefficient (Wildman–Crippen LogP) is 0.835. The zero-order valence-electron chi connectivity index (χ0n) is 9.46. The standard InChI is InChI=1S/C10H13N3O4/c1-16-9-3-2-8(13(14)15)10(11-9)12-4-6-17-7-5-12/h2-3H,4-7H2,1H3. The van der Waals surface area contributed by atoms with E-state index in [2.05, 4.69) is 4.98 Å². The van der Waals surface area contributed by atoms with Crippen LogP contribution in [0, 0.1) is 10.1 Å². The Morgan fingerprint density at radius 1 is 1.47 bits per heavy atom. The van der Waals surface area contributed by atoms with Crippen LogP contribution in [0.5, 0.6) is 5.88 Å². The van der Waals surface area contributed by atoms with E-state index in [0.29, 0.717) is 38.0 Å². The number of morpholine rings is 1. The van der Waals surface area contributed by atoms with Crippen molar-refractivity contribution < 1.29 is 14.4 Å². The van der Waals surface area contributed by atoms with E-state index in [-0.39, 0.29) is 5.69 Å². The van der Waals surface area contributed by atoms with Crippen molar-refractivity contribution in [3.8, 4) is 5.88 Å². The van der Waals surface area contributed by atoms with E-state index in [1.807, 2.05) is 4.90 Å². The Kier molecular flexibility index (Phi) is 3.38. The number of hydrogen-bond donors (Lipinski definition) is 0. The van der Waals surface area contributed by atoms with Crippen molar-refractivity contribution in [2.24, 2.45) is 0 Å². The van der Waals surface area contributed by atoms with Crippen LogP contribution in [0.25, 0.3) is 0 Å². The molecule has 1 aliphatic heterocycles. The molecule has 17 heavy (non-hydrogen) atoms. The minimum absolute atomic E-state index is 0.00676. The smallest absolute Gasteiger partial charge is 0.311 e. The zero-order valence-corrected chi connectivity index (χ0v) is 9.46. The van der Waals surface area contributed by atoms with Gasteiger partial charge in [-0.3, -0.25) is 10.1 Å². The zero-order chi connectivity index (χ0) is 12.3. The molecule has 92 valence electrons. The molecule has 0 amide bonds. The second-order valence-corrected chi connectivity index (χ2v) is 3.55. The maximum Gasteiger partial charge on any atom is 0.311 e. The van der Waals surface area contributed by atoms with Gasteiger partial charge >= 0.3 is 5.69 Å². The molecule has 0 bridgehead atoms. The Labute approximate surface area is 98.1 Å². The highest BCUT2D eigenvalue weighted by molar-refractivity contribution is 5.59. The second kappa shape index (κ2) is 4.96. The van der Waals surface area contributed by atoms with E-state index < -0.39 is 4.92 Å². The molecule has 1 aliphatic rings. The molecule has 0 radical (unpaired) electrons. The van der Waals surface area contributed by atoms with Crippen molar-refractivity contribution in [3.05, 3.63) is 22.2 Å². The highest BCUT2D eigenvalue weighted by Gasteiger charge is 2.23. The normalized spacial score (nSPS) is 15.7. The van der Waals surface area contributed by atoms with Gasteiger partial charge in [0, 0.05) is 25.2 Å². The van der Waals surface area contributed by atoms with Crippen molar-refractivity contribution in [2.75, 3.05) is 38.3 Å². The van der Waals surface area contributed by atoms with E-state index in [1.54, 1.807) is 0 Å². The maximum atomic E-state index is 10.9. The van der Waals surface area contributed by atoms with Crippen LogP contribution in [-0.2, 0) is 4.74 Å². The van der Waals surface area contributed by atoms with Gasteiger partial charge in [0.15, 0.2) is 0 Å². The summed E-state index contributed by atoms with van der Waals surface area (Å²) in [6.45, 7) is 2.30. The van der Waals surface area contributed by atoms with Gasteiger partial charge in [0.05, 0.1) is 25.2 Å². The molecule has 2 rings (SSSR count). The predicted molar refractivity (Wildman–Crippen MR) is 60.5 cm³/mol. The first kappa shape index (κ1) is 11.6. The van der Waals surface area contributed by atoms with E-state index in [4.69, 9.17) is 9.47 Å². The molecule has 1 aromatic rings. The fourth-order valence-corrected chi connectivity index (χ4v) is 1.69. The average molecular weight is 239 g/mol. The van der Waals surface area contributed by atoms with Gasteiger partial charge in [0.1, 0.15) is 0 Å². The summed E-state index contributed by atoms with van der Waals surface area (Å²) in [5, 5.41) is 10.9. The Bertz CT molecular complexity index is 418. The van der Waals surface area contributed by atoms with Crippen LogP contribution in [0.3, 0.4) is 0 Å². The number of ether oxygens (including phenoxy) is 2. The van der Waals surface area contributed by atoms with Gasteiger partial charge in [0.2, 0.25) is 11.7 Å². The summed E-state index contributed by atoms with van der Waals surface area (Å²) >= 11 is 0. The lowest BCUT2D eigenvalue weighted by atomic mass is 10.3. The van der Waals surface area contributed by atoms with E-state index in [1.165, 1.54) is 19.2 Å². The van der Waals surface area contributed by atoms with Crippen molar-refractivity contribution in [2.45, 2.75) is 0 Å². The van der Waals surface area contributed by atoms with Crippen LogP contribution >= 0.6 is 0 Å². The second-order valence-electron chi connectivity index (χ2n) is 3.55. The van der Waals surface area contributed by atoms with Crippen molar-refractivity contribution in [1.82, 2.24) is 4.98 Å². The number of nitrogens with zero attached hydrogens (tertiary/aromatic N) is 3. The first-order chi connectivity index (χ1) is 8.22. The van der Waals surface area contributed by atoms with Crippen LogP contribution in [0.2, 0.25) is 0 Å². The molecule has 7 nitrogen and oxygen atoms in total. The van der Waals surface area contributed by atoms with E-state index in [9.17, 15) is 10.1 Å². The largest absolute Gasteiger partial charge is 0.481 e. The van der Waals surface area contributed by atoms with Crippen LogP contribution in [0.15, 0.2) is 12.1 Å². The molecule has 0 N–H and O–H groups in total. The number of methoxy groups -OCH3 is 1. The molecule has 1 fully saturated rings. The lowest BCUT2D eigenvalue weighted by molar-refractivity contribution is -0.384. The lowest BCUT2D eigenvalue weighted by Gasteiger charge is -2.27. The lowest BCUT2D eigenvalue weighted by Crippen LogP contribution is -2.37.